The molecule has 0 radical (unpaired) electrons. The van der Waals surface area contributed by atoms with Gasteiger partial charge in [-0.2, -0.15) is 0 Å². The summed E-state index contributed by atoms with van der Waals surface area (Å²) in [6, 6.07) is 0. The van der Waals surface area contributed by atoms with Crippen LogP contribution >= 0.6 is 21.6 Å². The maximum atomic E-state index is 2.37. The highest BCUT2D eigenvalue weighted by molar-refractivity contribution is 8.77. The first-order valence-corrected chi connectivity index (χ1v) is 8.53. The van der Waals surface area contributed by atoms with Gasteiger partial charge in [-0.15, -0.1) is 0 Å². The summed E-state index contributed by atoms with van der Waals surface area (Å²) in [6.45, 7) is 13.9. The molecule has 0 saturated heterocycles. The van der Waals surface area contributed by atoms with Gasteiger partial charge in [-0.05, 0) is 18.3 Å². The van der Waals surface area contributed by atoms with E-state index in [1.54, 1.807) is 0 Å². The lowest BCUT2D eigenvalue weighted by molar-refractivity contribution is 0.538. The van der Waals surface area contributed by atoms with Crippen LogP contribution in [0, 0.1) is 11.8 Å². The molecule has 0 aromatic carbocycles. The van der Waals surface area contributed by atoms with Crippen molar-refractivity contribution in [2.45, 2.75) is 71.3 Å². The van der Waals surface area contributed by atoms with Gasteiger partial charge in [-0.25, -0.2) is 0 Å². The summed E-state index contributed by atoms with van der Waals surface area (Å²) in [5, 5.41) is 1.59. The zero-order valence-electron chi connectivity index (χ0n) is 11.2. The van der Waals surface area contributed by atoms with Crippen LogP contribution in [0.5, 0.6) is 0 Å². The van der Waals surface area contributed by atoms with Gasteiger partial charge in [-0.1, -0.05) is 76.0 Å². The molecule has 0 aromatic rings. The summed E-state index contributed by atoms with van der Waals surface area (Å²) < 4.78 is 0. The average molecular weight is 249 g/mol. The maximum absolute atomic E-state index is 2.37. The lowest BCUT2D eigenvalue weighted by atomic mass is 10.1. The Labute approximate surface area is 105 Å². The first kappa shape index (κ1) is 15.7. The van der Waals surface area contributed by atoms with E-state index in [0.717, 1.165) is 22.3 Å². The lowest BCUT2D eigenvalue weighted by Crippen LogP contribution is -2.05. The van der Waals surface area contributed by atoms with Gasteiger partial charge < -0.3 is 0 Å². The van der Waals surface area contributed by atoms with Crippen molar-refractivity contribution in [3.63, 3.8) is 0 Å². The number of hydrogen-bond acceptors (Lipinski definition) is 2. The van der Waals surface area contributed by atoms with Gasteiger partial charge >= 0.3 is 0 Å². The SMILES string of the molecule is CC(C)CCCC(C)SSC(C)C(C)C. The van der Waals surface area contributed by atoms with E-state index in [-0.39, 0.29) is 0 Å². The Morgan fingerprint density at radius 2 is 1.40 bits per heavy atom. The van der Waals surface area contributed by atoms with Gasteiger partial charge in [0, 0.05) is 10.5 Å². The highest BCUT2D eigenvalue weighted by Crippen LogP contribution is 2.35. The summed E-state index contributed by atoms with van der Waals surface area (Å²) >= 11 is 0. The molecule has 2 unspecified atom stereocenters. The van der Waals surface area contributed by atoms with Crippen LogP contribution in [0.1, 0.15) is 60.8 Å². The summed E-state index contributed by atoms with van der Waals surface area (Å²) in [4.78, 5) is 0. The van der Waals surface area contributed by atoms with Crippen LogP contribution in [0.4, 0.5) is 0 Å². The molecule has 0 bridgehead atoms. The number of rotatable bonds is 8. The summed E-state index contributed by atoms with van der Waals surface area (Å²) in [5.74, 6) is 1.66. The first-order valence-electron chi connectivity index (χ1n) is 6.25. The third-order valence-electron chi connectivity index (χ3n) is 2.70. The monoisotopic (exact) mass is 248 g/mol. The average Bonchev–Trinajstić information content (AvgIpc) is 2.13. The number of hydrogen-bond donors (Lipinski definition) is 0. The van der Waals surface area contributed by atoms with Gasteiger partial charge in [0.2, 0.25) is 0 Å². The molecule has 0 aliphatic heterocycles. The van der Waals surface area contributed by atoms with E-state index in [0.29, 0.717) is 0 Å². The standard InChI is InChI=1S/C13H28S2/c1-10(2)8-7-9-12(5)14-15-13(6)11(3)4/h10-13H,7-9H2,1-6H3. The van der Waals surface area contributed by atoms with E-state index < -0.39 is 0 Å². The molecule has 0 heterocycles. The van der Waals surface area contributed by atoms with Crippen LogP contribution in [0.15, 0.2) is 0 Å². The molecule has 0 N–H and O–H groups in total. The molecule has 2 atom stereocenters. The van der Waals surface area contributed by atoms with E-state index in [1.165, 1.54) is 19.3 Å². The molecule has 0 saturated carbocycles. The lowest BCUT2D eigenvalue weighted by Gasteiger charge is -2.17. The minimum absolute atomic E-state index is 0.780. The van der Waals surface area contributed by atoms with E-state index in [4.69, 9.17) is 0 Å². The van der Waals surface area contributed by atoms with E-state index in [1.807, 2.05) is 0 Å². The van der Waals surface area contributed by atoms with Crippen molar-refractivity contribution in [3.05, 3.63) is 0 Å². The zero-order valence-corrected chi connectivity index (χ0v) is 12.9. The van der Waals surface area contributed by atoms with Crippen LogP contribution < -0.4 is 0 Å². The molecule has 0 rings (SSSR count). The third-order valence-corrected chi connectivity index (χ3v) is 6.46. The van der Waals surface area contributed by atoms with Crippen LogP contribution in [0.3, 0.4) is 0 Å². The second-order valence-corrected chi connectivity index (χ2v) is 8.36. The van der Waals surface area contributed by atoms with Gasteiger partial charge in [0.25, 0.3) is 0 Å². The van der Waals surface area contributed by atoms with E-state index in [2.05, 4.69) is 63.1 Å². The smallest absolute Gasteiger partial charge is 0.0146 e. The fourth-order valence-corrected chi connectivity index (χ4v) is 4.06. The van der Waals surface area contributed by atoms with Crippen molar-refractivity contribution in [2.24, 2.45) is 11.8 Å². The molecule has 0 nitrogen and oxygen atoms in total. The second-order valence-electron chi connectivity index (χ2n) is 5.28. The van der Waals surface area contributed by atoms with Crippen molar-refractivity contribution in [2.75, 3.05) is 0 Å². The minimum atomic E-state index is 0.780. The van der Waals surface area contributed by atoms with Gasteiger partial charge in [0.05, 0.1) is 0 Å². The second kappa shape index (κ2) is 8.81. The van der Waals surface area contributed by atoms with Gasteiger partial charge in [0.15, 0.2) is 0 Å². The predicted molar refractivity (Wildman–Crippen MR) is 77.6 cm³/mol. The molecule has 2 heteroatoms. The summed E-state index contributed by atoms with van der Waals surface area (Å²) in [6.07, 6.45) is 4.15. The van der Waals surface area contributed by atoms with E-state index in [9.17, 15) is 0 Å². The van der Waals surface area contributed by atoms with Crippen LogP contribution in [0.2, 0.25) is 0 Å². The molecule has 0 aliphatic rings. The Balaban J connectivity index is 3.44. The van der Waals surface area contributed by atoms with Crippen molar-refractivity contribution in [1.82, 2.24) is 0 Å². The molecule has 0 fully saturated rings. The molecule has 0 aromatic heterocycles. The van der Waals surface area contributed by atoms with Crippen LogP contribution in [-0.4, -0.2) is 10.5 Å². The van der Waals surface area contributed by atoms with Crippen molar-refractivity contribution < 1.29 is 0 Å². The Morgan fingerprint density at radius 3 is 1.87 bits per heavy atom. The maximum Gasteiger partial charge on any atom is 0.0146 e. The van der Waals surface area contributed by atoms with Crippen LogP contribution in [0.25, 0.3) is 0 Å². The quantitative estimate of drug-likeness (QED) is 0.511. The fourth-order valence-electron chi connectivity index (χ4n) is 1.16. The molecule has 0 amide bonds. The molecular formula is C13H28S2. The largest absolute Gasteiger partial charge is 0.0907 e. The third kappa shape index (κ3) is 9.62. The van der Waals surface area contributed by atoms with E-state index >= 15 is 0 Å². The molecular weight excluding hydrogens is 220 g/mol. The molecule has 15 heavy (non-hydrogen) atoms. The molecule has 0 aliphatic carbocycles. The minimum Gasteiger partial charge on any atom is -0.0907 e. The summed E-state index contributed by atoms with van der Waals surface area (Å²) in [7, 11) is 4.15. The van der Waals surface area contributed by atoms with Gasteiger partial charge in [0.1, 0.15) is 0 Å². The first-order chi connectivity index (χ1) is 6.93. The zero-order chi connectivity index (χ0) is 11.8. The topological polar surface area (TPSA) is 0 Å². The highest BCUT2D eigenvalue weighted by Gasteiger charge is 2.11. The van der Waals surface area contributed by atoms with Crippen LogP contribution in [-0.2, 0) is 0 Å². The Hall–Kier alpha value is 0.700. The van der Waals surface area contributed by atoms with Crippen molar-refractivity contribution in [3.8, 4) is 0 Å². The Morgan fingerprint density at radius 1 is 0.800 bits per heavy atom. The fraction of sp³-hybridized carbons (Fsp3) is 1.00. The Kier molecular flexibility index (Phi) is 9.22. The Bertz CT molecular complexity index is 143. The van der Waals surface area contributed by atoms with Crippen molar-refractivity contribution >= 4 is 21.6 Å². The summed E-state index contributed by atoms with van der Waals surface area (Å²) in [5.41, 5.74) is 0. The highest BCUT2D eigenvalue weighted by atomic mass is 33.1. The predicted octanol–water partition coefficient (Wildman–Crippen LogP) is 5.63. The molecule has 0 spiro atoms. The molecule has 92 valence electrons. The van der Waals surface area contributed by atoms with Crippen molar-refractivity contribution in [1.29, 1.82) is 0 Å². The normalized spacial score (nSPS) is 16.0. The van der Waals surface area contributed by atoms with Gasteiger partial charge in [-0.3, -0.25) is 0 Å².